The highest BCUT2D eigenvalue weighted by atomic mass is 16.5. The fourth-order valence-electron chi connectivity index (χ4n) is 4.41. The normalized spacial score (nSPS) is 21.7. The molecular formula is C23H29N5O. The Kier molecular flexibility index (Phi) is 5.26. The highest BCUT2D eigenvalue weighted by Gasteiger charge is 2.41. The van der Waals surface area contributed by atoms with Gasteiger partial charge in [0.1, 0.15) is 5.75 Å². The molecule has 0 saturated heterocycles. The third-order valence-electron chi connectivity index (χ3n) is 6.13. The lowest BCUT2D eigenvalue weighted by molar-refractivity contribution is 0.255. The molecule has 0 aliphatic heterocycles. The Labute approximate surface area is 172 Å². The van der Waals surface area contributed by atoms with Crippen molar-refractivity contribution in [1.82, 2.24) is 20.2 Å². The van der Waals surface area contributed by atoms with Crippen LogP contribution >= 0.6 is 0 Å². The number of ether oxygens (including phenoxy) is 1. The molecule has 1 heterocycles. The Balaban J connectivity index is 1.80. The Morgan fingerprint density at radius 1 is 1.07 bits per heavy atom. The first-order valence-corrected chi connectivity index (χ1v) is 10.3. The minimum absolute atomic E-state index is 0.322. The van der Waals surface area contributed by atoms with Crippen LogP contribution in [0.3, 0.4) is 0 Å². The summed E-state index contributed by atoms with van der Waals surface area (Å²) in [6, 6.07) is 14.4. The number of tetrazole rings is 1. The molecule has 1 fully saturated rings. The summed E-state index contributed by atoms with van der Waals surface area (Å²) in [4.78, 5) is 0. The summed E-state index contributed by atoms with van der Waals surface area (Å²) in [6.07, 6.45) is 4.24. The van der Waals surface area contributed by atoms with Crippen LogP contribution in [0.1, 0.15) is 49.6 Å². The molecule has 6 heteroatoms. The highest BCUT2D eigenvalue weighted by molar-refractivity contribution is 5.52. The van der Waals surface area contributed by atoms with Crippen LogP contribution in [-0.2, 0) is 5.54 Å². The van der Waals surface area contributed by atoms with E-state index in [1.807, 2.05) is 22.9 Å². The molecule has 0 bridgehead atoms. The van der Waals surface area contributed by atoms with Gasteiger partial charge in [-0.25, -0.2) is 0 Å². The van der Waals surface area contributed by atoms with E-state index in [4.69, 9.17) is 4.74 Å². The van der Waals surface area contributed by atoms with Crippen LogP contribution in [0.5, 0.6) is 5.75 Å². The zero-order chi connectivity index (χ0) is 20.4. The van der Waals surface area contributed by atoms with Gasteiger partial charge in [0.15, 0.2) is 5.82 Å². The third-order valence-corrected chi connectivity index (χ3v) is 6.13. The number of anilines is 1. The van der Waals surface area contributed by atoms with Gasteiger partial charge in [0, 0.05) is 11.8 Å². The average molecular weight is 392 g/mol. The Hall–Kier alpha value is -2.89. The molecular weight excluding hydrogens is 362 g/mol. The Bertz CT molecular complexity index is 968. The van der Waals surface area contributed by atoms with E-state index in [1.54, 1.807) is 7.11 Å². The lowest BCUT2D eigenvalue weighted by Gasteiger charge is -2.40. The molecule has 6 nitrogen and oxygen atoms in total. The molecule has 1 N–H and O–H groups in total. The van der Waals surface area contributed by atoms with E-state index in [-0.39, 0.29) is 5.54 Å². The van der Waals surface area contributed by atoms with Crippen molar-refractivity contribution in [3.63, 3.8) is 0 Å². The number of para-hydroxylation sites is 1. The van der Waals surface area contributed by atoms with Gasteiger partial charge in [-0.2, -0.15) is 4.68 Å². The molecule has 1 aromatic heterocycles. The zero-order valence-electron chi connectivity index (χ0n) is 17.6. The van der Waals surface area contributed by atoms with Crippen LogP contribution in [-0.4, -0.2) is 27.3 Å². The molecule has 3 aromatic rings. The first-order chi connectivity index (χ1) is 14.0. The second kappa shape index (κ2) is 7.85. The van der Waals surface area contributed by atoms with Crippen LogP contribution in [0.4, 0.5) is 5.69 Å². The fourth-order valence-corrected chi connectivity index (χ4v) is 4.41. The number of hydrogen-bond donors (Lipinski definition) is 1. The minimum Gasteiger partial charge on any atom is -0.497 e. The molecule has 0 spiro atoms. The van der Waals surface area contributed by atoms with Crippen molar-refractivity contribution in [2.45, 2.75) is 52.0 Å². The smallest absolute Gasteiger partial charge is 0.181 e. The minimum atomic E-state index is -0.322. The van der Waals surface area contributed by atoms with E-state index >= 15 is 0 Å². The van der Waals surface area contributed by atoms with Gasteiger partial charge < -0.3 is 10.1 Å². The molecule has 1 aliphatic rings. The summed E-state index contributed by atoms with van der Waals surface area (Å²) in [7, 11) is 1.69. The summed E-state index contributed by atoms with van der Waals surface area (Å²) in [6.45, 7) is 6.54. The highest BCUT2D eigenvalue weighted by Crippen LogP contribution is 2.42. The largest absolute Gasteiger partial charge is 0.497 e. The van der Waals surface area contributed by atoms with Crippen molar-refractivity contribution >= 4 is 5.69 Å². The lowest BCUT2D eigenvalue weighted by Crippen LogP contribution is -2.41. The van der Waals surface area contributed by atoms with Crippen LogP contribution in [0, 0.1) is 19.8 Å². The van der Waals surface area contributed by atoms with Crippen LogP contribution in [0.25, 0.3) is 5.69 Å². The molecule has 1 saturated carbocycles. The van der Waals surface area contributed by atoms with Crippen molar-refractivity contribution < 1.29 is 4.74 Å². The summed E-state index contributed by atoms with van der Waals surface area (Å²) < 4.78 is 7.36. The number of nitrogens with one attached hydrogen (secondary N) is 1. The Morgan fingerprint density at radius 3 is 2.45 bits per heavy atom. The SMILES string of the molecule is COc1cccc(NC2(c3nnnn3-c3c(C)cccc3C)CCC(C)CC2)c1. The van der Waals surface area contributed by atoms with E-state index in [0.29, 0.717) is 5.92 Å². The number of aromatic nitrogens is 4. The first kappa shape index (κ1) is 19.4. The number of nitrogens with zero attached hydrogens (tertiary/aromatic N) is 4. The number of benzene rings is 2. The van der Waals surface area contributed by atoms with Gasteiger partial charge >= 0.3 is 0 Å². The monoisotopic (exact) mass is 391 g/mol. The van der Waals surface area contributed by atoms with Crippen LogP contribution in [0.15, 0.2) is 42.5 Å². The van der Waals surface area contributed by atoms with E-state index in [2.05, 4.69) is 65.9 Å². The number of methoxy groups -OCH3 is 1. The number of hydrogen-bond acceptors (Lipinski definition) is 5. The van der Waals surface area contributed by atoms with Crippen LogP contribution < -0.4 is 10.1 Å². The van der Waals surface area contributed by atoms with Crippen molar-refractivity contribution in [2.75, 3.05) is 12.4 Å². The van der Waals surface area contributed by atoms with Crippen molar-refractivity contribution in [3.05, 3.63) is 59.4 Å². The maximum atomic E-state index is 5.42. The molecule has 152 valence electrons. The van der Waals surface area contributed by atoms with Gasteiger partial charge in [0.2, 0.25) is 0 Å². The third kappa shape index (κ3) is 3.71. The predicted molar refractivity (Wildman–Crippen MR) is 115 cm³/mol. The second-order valence-electron chi connectivity index (χ2n) is 8.28. The molecule has 4 rings (SSSR count). The van der Waals surface area contributed by atoms with Crippen molar-refractivity contribution in [3.8, 4) is 11.4 Å². The number of rotatable bonds is 5. The molecule has 1 aliphatic carbocycles. The maximum Gasteiger partial charge on any atom is 0.181 e. The molecule has 0 atom stereocenters. The summed E-state index contributed by atoms with van der Waals surface area (Å²) >= 11 is 0. The van der Waals surface area contributed by atoms with E-state index in [0.717, 1.165) is 48.6 Å². The Morgan fingerprint density at radius 2 is 1.76 bits per heavy atom. The van der Waals surface area contributed by atoms with Gasteiger partial charge in [0.05, 0.1) is 18.3 Å². The van der Waals surface area contributed by atoms with Gasteiger partial charge in [-0.3, -0.25) is 0 Å². The van der Waals surface area contributed by atoms with Crippen molar-refractivity contribution in [2.24, 2.45) is 5.92 Å². The van der Waals surface area contributed by atoms with Gasteiger partial charge in [-0.1, -0.05) is 31.2 Å². The summed E-state index contributed by atoms with van der Waals surface area (Å²) in [5.41, 5.74) is 4.10. The molecule has 2 aromatic carbocycles. The lowest BCUT2D eigenvalue weighted by atomic mass is 9.76. The average Bonchev–Trinajstić information content (AvgIpc) is 3.20. The summed E-state index contributed by atoms with van der Waals surface area (Å²) in [5, 5.41) is 16.8. The fraction of sp³-hybridized carbons (Fsp3) is 0.435. The van der Waals surface area contributed by atoms with Crippen molar-refractivity contribution in [1.29, 1.82) is 0 Å². The first-order valence-electron chi connectivity index (χ1n) is 10.3. The second-order valence-corrected chi connectivity index (χ2v) is 8.28. The van der Waals surface area contributed by atoms with E-state index in [9.17, 15) is 0 Å². The number of aryl methyl sites for hydroxylation is 2. The van der Waals surface area contributed by atoms with E-state index in [1.165, 1.54) is 11.1 Å². The van der Waals surface area contributed by atoms with Gasteiger partial charge in [-0.05, 0) is 79.1 Å². The molecule has 29 heavy (non-hydrogen) atoms. The standard InChI is InChI=1S/C23H29N5O/c1-16-11-13-23(14-12-16,24-19-9-6-10-20(15-19)29-4)22-25-26-27-28(22)21-17(2)7-5-8-18(21)3/h5-10,15-16,24H,11-14H2,1-4H3. The molecule has 0 radical (unpaired) electrons. The summed E-state index contributed by atoms with van der Waals surface area (Å²) in [5.74, 6) is 2.42. The molecule has 0 unspecified atom stereocenters. The van der Waals surface area contributed by atoms with Gasteiger partial charge in [0.25, 0.3) is 0 Å². The topological polar surface area (TPSA) is 64.9 Å². The molecule has 0 amide bonds. The predicted octanol–water partition coefficient (Wildman–Crippen LogP) is 4.81. The maximum absolute atomic E-state index is 5.42. The quantitative estimate of drug-likeness (QED) is 0.676. The van der Waals surface area contributed by atoms with E-state index < -0.39 is 0 Å². The zero-order valence-corrected chi connectivity index (χ0v) is 17.6. The van der Waals surface area contributed by atoms with Crippen LogP contribution in [0.2, 0.25) is 0 Å². The van der Waals surface area contributed by atoms with Gasteiger partial charge in [-0.15, -0.1) is 5.10 Å².